The molecule has 0 unspecified atom stereocenters. The summed E-state index contributed by atoms with van der Waals surface area (Å²) < 4.78 is 1.00. The van der Waals surface area contributed by atoms with E-state index < -0.39 is 0 Å². The molecule has 0 aliphatic rings. The molecule has 3 aromatic rings. The van der Waals surface area contributed by atoms with Crippen LogP contribution < -0.4 is 5.43 Å². The third-order valence-corrected chi connectivity index (χ3v) is 5.07. The zero-order chi connectivity index (χ0) is 16.4. The number of nitrogens with one attached hydrogen (secondary N) is 1. The van der Waals surface area contributed by atoms with Gasteiger partial charge in [0.2, 0.25) is 0 Å². The van der Waals surface area contributed by atoms with Gasteiger partial charge in [0, 0.05) is 10.1 Å². The third kappa shape index (κ3) is 3.44. The maximum Gasteiger partial charge on any atom is 0.283 e. The predicted octanol–water partition coefficient (Wildman–Crippen LogP) is 4.94. The molecule has 0 bridgehead atoms. The minimum Gasteiger partial charge on any atom is -0.266 e. The first-order valence-corrected chi connectivity index (χ1v) is 8.33. The molecule has 116 valence electrons. The highest BCUT2D eigenvalue weighted by Crippen LogP contribution is 2.35. The summed E-state index contributed by atoms with van der Waals surface area (Å²) in [4.78, 5) is 12.8. The van der Waals surface area contributed by atoms with E-state index in [1.54, 1.807) is 6.21 Å². The summed E-state index contributed by atoms with van der Waals surface area (Å²) in [5, 5.41) is 5.39. The molecule has 1 aromatic heterocycles. The molecule has 0 aliphatic carbocycles. The van der Waals surface area contributed by atoms with E-state index in [0.717, 1.165) is 26.8 Å². The van der Waals surface area contributed by atoms with Crippen molar-refractivity contribution in [2.24, 2.45) is 5.10 Å². The Morgan fingerprint density at radius 1 is 1.17 bits per heavy atom. The minimum absolute atomic E-state index is 0.294. The van der Waals surface area contributed by atoms with E-state index in [9.17, 15) is 4.79 Å². The number of aryl methyl sites for hydroxylation is 2. The van der Waals surface area contributed by atoms with Crippen LogP contribution in [0.3, 0.4) is 0 Å². The highest BCUT2D eigenvalue weighted by atomic mass is 35.5. The number of carbonyl (C=O) groups is 1. The molecule has 0 fully saturated rings. The van der Waals surface area contributed by atoms with Gasteiger partial charge < -0.3 is 0 Å². The Morgan fingerprint density at radius 3 is 2.74 bits per heavy atom. The van der Waals surface area contributed by atoms with Gasteiger partial charge in [0.25, 0.3) is 5.91 Å². The number of nitrogens with zero attached hydrogens (tertiary/aromatic N) is 1. The molecule has 23 heavy (non-hydrogen) atoms. The first-order chi connectivity index (χ1) is 11.0. The topological polar surface area (TPSA) is 41.5 Å². The van der Waals surface area contributed by atoms with Crippen LogP contribution >= 0.6 is 22.9 Å². The van der Waals surface area contributed by atoms with Crippen LogP contribution in [0.4, 0.5) is 0 Å². The van der Waals surface area contributed by atoms with Crippen molar-refractivity contribution in [3.63, 3.8) is 0 Å². The maximum absolute atomic E-state index is 12.3. The van der Waals surface area contributed by atoms with Gasteiger partial charge in [-0.2, -0.15) is 5.10 Å². The Hall–Kier alpha value is -2.17. The molecule has 0 atom stereocenters. The van der Waals surface area contributed by atoms with Crippen LogP contribution in [0.25, 0.3) is 10.1 Å². The molecule has 1 heterocycles. The monoisotopic (exact) mass is 342 g/mol. The Labute approximate surface area is 143 Å². The summed E-state index contributed by atoms with van der Waals surface area (Å²) in [6, 6.07) is 13.8. The molecule has 3 nitrogen and oxygen atoms in total. The van der Waals surface area contributed by atoms with Crippen molar-refractivity contribution < 1.29 is 4.79 Å². The van der Waals surface area contributed by atoms with Gasteiger partial charge in [-0.15, -0.1) is 11.3 Å². The molecular formula is C18H15ClN2OS. The summed E-state index contributed by atoms with van der Waals surface area (Å²) in [7, 11) is 0. The van der Waals surface area contributed by atoms with Gasteiger partial charge in [-0.1, -0.05) is 53.6 Å². The minimum atomic E-state index is -0.294. The van der Waals surface area contributed by atoms with E-state index >= 15 is 0 Å². The molecule has 1 amide bonds. The van der Waals surface area contributed by atoms with Gasteiger partial charge >= 0.3 is 0 Å². The number of fused-ring (bicyclic) bond motifs is 1. The lowest BCUT2D eigenvalue weighted by molar-refractivity contribution is 0.0959. The Morgan fingerprint density at radius 2 is 1.96 bits per heavy atom. The van der Waals surface area contributed by atoms with E-state index in [0.29, 0.717) is 9.90 Å². The molecular weight excluding hydrogens is 328 g/mol. The zero-order valence-corrected chi connectivity index (χ0v) is 14.3. The van der Waals surface area contributed by atoms with Gasteiger partial charge in [-0.25, -0.2) is 5.43 Å². The Bertz CT molecular complexity index is 915. The SMILES string of the molecule is Cc1cccc(/C=N/NC(=O)c2sc3cc(C)ccc3c2Cl)c1. The zero-order valence-electron chi connectivity index (χ0n) is 12.8. The number of hydrazone groups is 1. The van der Waals surface area contributed by atoms with Crippen LogP contribution in [0.1, 0.15) is 26.4 Å². The van der Waals surface area contributed by atoms with Crippen molar-refractivity contribution in [1.82, 2.24) is 5.43 Å². The van der Waals surface area contributed by atoms with Gasteiger partial charge in [0.15, 0.2) is 0 Å². The standard InChI is InChI=1S/C18H15ClN2OS/c1-11-4-3-5-13(8-11)10-20-21-18(22)17-16(19)14-7-6-12(2)9-15(14)23-17/h3-10H,1-2H3,(H,21,22)/b20-10+. The smallest absolute Gasteiger partial charge is 0.266 e. The quantitative estimate of drug-likeness (QED) is 0.532. The van der Waals surface area contributed by atoms with Gasteiger partial charge in [0.1, 0.15) is 4.88 Å². The second-order valence-electron chi connectivity index (χ2n) is 5.36. The summed E-state index contributed by atoms with van der Waals surface area (Å²) in [5.74, 6) is -0.294. The fraction of sp³-hybridized carbons (Fsp3) is 0.111. The fourth-order valence-electron chi connectivity index (χ4n) is 2.29. The van der Waals surface area contributed by atoms with Crippen LogP contribution in [0.2, 0.25) is 5.02 Å². The highest BCUT2D eigenvalue weighted by Gasteiger charge is 2.16. The number of amides is 1. The van der Waals surface area contributed by atoms with Gasteiger partial charge in [0.05, 0.1) is 11.2 Å². The number of thiophene rings is 1. The normalized spacial score (nSPS) is 11.3. The van der Waals surface area contributed by atoms with Crippen LogP contribution in [0.5, 0.6) is 0 Å². The number of carbonyl (C=O) groups excluding carboxylic acids is 1. The fourth-order valence-corrected chi connectivity index (χ4v) is 3.79. The van der Waals surface area contributed by atoms with Gasteiger partial charge in [-0.05, 0) is 31.0 Å². The summed E-state index contributed by atoms with van der Waals surface area (Å²) in [6.45, 7) is 4.02. The van der Waals surface area contributed by atoms with E-state index in [2.05, 4.69) is 10.5 Å². The van der Waals surface area contributed by atoms with E-state index in [1.165, 1.54) is 11.3 Å². The second kappa shape index (κ2) is 6.52. The molecule has 1 N–H and O–H groups in total. The number of rotatable bonds is 3. The predicted molar refractivity (Wildman–Crippen MR) is 97.8 cm³/mol. The summed E-state index contributed by atoms with van der Waals surface area (Å²) in [5.41, 5.74) is 5.75. The van der Waals surface area contributed by atoms with Crippen molar-refractivity contribution in [3.8, 4) is 0 Å². The Balaban J connectivity index is 1.79. The number of benzene rings is 2. The van der Waals surface area contributed by atoms with Crippen molar-refractivity contribution in [3.05, 3.63) is 69.1 Å². The molecule has 2 aromatic carbocycles. The number of hydrogen-bond donors (Lipinski definition) is 1. The summed E-state index contributed by atoms with van der Waals surface area (Å²) in [6.07, 6.45) is 1.62. The summed E-state index contributed by atoms with van der Waals surface area (Å²) >= 11 is 7.70. The molecule has 0 radical (unpaired) electrons. The molecule has 0 aliphatic heterocycles. The molecule has 0 saturated heterocycles. The highest BCUT2D eigenvalue weighted by molar-refractivity contribution is 7.21. The van der Waals surface area contributed by atoms with Crippen molar-refractivity contribution >= 4 is 45.1 Å². The third-order valence-electron chi connectivity index (χ3n) is 3.41. The number of halogens is 1. The molecule has 0 saturated carbocycles. The van der Waals surface area contributed by atoms with E-state index in [-0.39, 0.29) is 5.91 Å². The van der Waals surface area contributed by atoms with Crippen molar-refractivity contribution in [2.45, 2.75) is 13.8 Å². The van der Waals surface area contributed by atoms with Crippen LogP contribution in [0.15, 0.2) is 47.6 Å². The first kappa shape index (κ1) is 15.7. The Kier molecular flexibility index (Phi) is 4.46. The molecule has 5 heteroatoms. The van der Waals surface area contributed by atoms with Gasteiger partial charge in [-0.3, -0.25) is 4.79 Å². The maximum atomic E-state index is 12.3. The first-order valence-electron chi connectivity index (χ1n) is 7.13. The average Bonchev–Trinajstić information content (AvgIpc) is 2.83. The second-order valence-corrected chi connectivity index (χ2v) is 6.79. The lowest BCUT2D eigenvalue weighted by atomic mass is 10.2. The lowest BCUT2D eigenvalue weighted by Gasteiger charge is -1.98. The molecule has 3 rings (SSSR count). The molecule has 0 spiro atoms. The van der Waals surface area contributed by atoms with Crippen LogP contribution in [0, 0.1) is 13.8 Å². The average molecular weight is 343 g/mol. The lowest BCUT2D eigenvalue weighted by Crippen LogP contribution is -2.16. The van der Waals surface area contributed by atoms with Crippen LogP contribution in [-0.2, 0) is 0 Å². The van der Waals surface area contributed by atoms with Crippen LogP contribution in [-0.4, -0.2) is 12.1 Å². The largest absolute Gasteiger partial charge is 0.283 e. The number of hydrogen-bond acceptors (Lipinski definition) is 3. The van der Waals surface area contributed by atoms with Crippen molar-refractivity contribution in [1.29, 1.82) is 0 Å². The van der Waals surface area contributed by atoms with Crippen molar-refractivity contribution in [2.75, 3.05) is 0 Å². The van der Waals surface area contributed by atoms with E-state index in [1.807, 2.05) is 56.3 Å². The van der Waals surface area contributed by atoms with E-state index in [4.69, 9.17) is 11.6 Å².